The van der Waals surface area contributed by atoms with E-state index in [9.17, 15) is 18.0 Å². The van der Waals surface area contributed by atoms with Crippen molar-refractivity contribution in [3.8, 4) is 11.5 Å². The molecule has 0 aliphatic carbocycles. The molecule has 0 saturated heterocycles. The highest BCUT2D eigenvalue weighted by Gasteiger charge is 2.31. The Bertz CT molecular complexity index is 1540. The van der Waals surface area contributed by atoms with Gasteiger partial charge in [-0.1, -0.05) is 47.0 Å². The van der Waals surface area contributed by atoms with Crippen molar-refractivity contribution in [3.05, 3.63) is 80.3 Å². The van der Waals surface area contributed by atoms with Crippen LogP contribution in [0.5, 0.6) is 11.5 Å². The molecule has 0 aliphatic heterocycles. The quantitative estimate of drug-likeness (QED) is 0.300. The third-order valence-corrected chi connectivity index (χ3v) is 8.91. The predicted molar refractivity (Wildman–Crippen MR) is 154 cm³/mol. The van der Waals surface area contributed by atoms with Gasteiger partial charge < -0.3 is 19.5 Å². The van der Waals surface area contributed by atoms with Crippen LogP contribution < -0.4 is 14.8 Å². The number of nitrogens with zero attached hydrogens (tertiary/aromatic N) is 1. The number of esters is 1. The SMILES string of the molecule is COC(=O)c1cc(OC)c(OC)cc1NC(=O)CN(Cc1ccc(Cl)c(Cl)c1)S(=O)(=O)c1c(C)cc(C)cc1C. The topological polar surface area (TPSA) is 111 Å². The Labute approximate surface area is 244 Å². The first kappa shape index (κ1) is 31.2. The number of amides is 1. The molecule has 12 heteroatoms. The second kappa shape index (κ2) is 12.9. The molecule has 1 amide bonds. The van der Waals surface area contributed by atoms with E-state index in [1.165, 1.54) is 33.5 Å². The highest BCUT2D eigenvalue weighted by Crippen LogP contribution is 2.34. The van der Waals surface area contributed by atoms with Crippen molar-refractivity contribution in [2.45, 2.75) is 32.2 Å². The third-order valence-electron chi connectivity index (χ3n) is 6.07. The monoisotopic (exact) mass is 608 g/mol. The van der Waals surface area contributed by atoms with E-state index in [4.69, 9.17) is 37.4 Å². The highest BCUT2D eigenvalue weighted by molar-refractivity contribution is 7.89. The fraction of sp³-hybridized carbons (Fsp3) is 0.286. The van der Waals surface area contributed by atoms with Crippen molar-refractivity contribution < 1.29 is 32.2 Å². The molecule has 0 radical (unpaired) electrons. The lowest BCUT2D eigenvalue weighted by Crippen LogP contribution is -2.38. The van der Waals surface area contributed by atoms with E-state index in [0.717, 1.165) is 9.87 Å². The normalized spacial score (nSPS) is 11.3. The van der Waals surface area contributed by atoms with Crippen LogP contribution in [0, 0.1) is 20.8 Å². The molecule has 0 unspecified atom stereocenters. The van der Waals surface area contributed by atoms with Gasteiger partial charge in [-0.15, -0.1) is 0 Å². The van der Waals surface area contributed by atoms with Gasteiger partial charge in [0.1, 0.15) is 0 Å². The molecular formula is C28H30Cl2N2O7S. The van der Waals surface area contributed by atoms with Crippen LogP contribution in [0.4, 0.5) is 5.69 Å². The average molecular weight is 610 g/mol. The van der Waals surface area contributed by atoms with Crippen molar-refractivity contribution in [3.63, 3.8) is 0 Å². The number of aryl methyl sites for hydroxylation is 3. The molecule has 1 N–H and O–H groups in total. The molecule has 9 nitrogen and oxygen atoms in total. The van der Waals surface area contributed by atoms with Crippen molar-refractivity contribution in [2.75, 3.05) is 33.2 Å². The minimum Gasteiger partial charge on any atom is -0.493 e. The standard InChI is InChI=1S/C28H30Cl2N2O7S/c1-16-9-17(2)27(18(3)10-16)40(35,36)32(14-19-7-8-21(29)22(30)11-19)15-26(33)31-23-13-25(38-5)24(37-4)12-20(23)28(34)39-6/h7-13H,14-15H2,1-6H3,(H,31,33). The number of hydrogen-bond donors (Lipinski definition) is 1. The summed E-state index contributed by atoms with van der Waals surface area (Å²) in [7, 11) is -0.183. The van der Waals surface area contributed by atoms with E-state index in [1.807, 2.05) is 6.92 Å². The van der Waals surface area contributed by atoms with Crippen LogP contribution >= 0.6 is 23.2 Å². The van der Waals surface area contributed by atoms with Crippen LogP contribution in [0.1, 0.15) is 32.6 Å². The average Bonchev–Trinajstić information content (AvgIpc) is 2.88. The molecule has 214 valence electrons. The molecule has 0 fully saturated rings. The first-order valence-corrected chi connectivity index (χ1v) is 14.2. The molecule has 0 aromatic heterocycles. The number of carbonyl (C=O) groups is 2. The van der Waals surface area contributed by atoms with E-state index < -0.39 is 28.4 Å². The van der Waals surface area contributed by atoms with Crippen molar-refractivity contribution in [1.82, 2.24) is 4.31 Å². The molecule has 0 spiro atoms. The summed E-state index contributed by atoms with van der Waals surface area (Å²) in [6.07, 6.45) is 0. The van der Waals surface area contributed by atoms with Gasteiger partial charge in [-0.05, 0) is 49.6 Å². The van der Waals surface area contributed by atoms with Gasteiger partial charge in [0.15, 0.2) is 11.5 Å². The van der Waals surface area contributed by atoms with Crippen LogP contribution in [0.25, 0.3) is 0 Å². The molecule has 40 heavy (non-hydrogen) atoms. The summed E-state index contributed by atoms with van der Waals surface area (Å²) < 4.78 is 44.5. The lowest BCUT2D eigenvalue weighted by Gasteiger charge is -2.25. The van der Waals surface area contributed by atoms with E-state index in [0.29, 0.717) is 21.7 Å². The van der Waals surface area contributed by atoms with Gasteiger partial charge in [0.25, 0.3) is 0 Å². The van der Waals surface area contributed by atoms with Crippen LogP contribution in [-0.4, -0.2) is 52.5 Å². The van der Waals surface area contributed by atoms with E-state index >= 15 is 0 Å². The maximum atomic E-state index is 14.0. The number of carbonyl (C=O) groups excluding carboxylic acids is 2. The molecule has 3 aromatic carbocycles. The molecule has 0 bridgehead atoms. The van der Waals surface area contributed by atoms with Gasteiger partial charge in [-0.3, -0.25) is 4.79 Å². The summed E-state index contributed by atoms with van der Waals surface area (Å²) in [6.45, 7) is 4.53. The van der Waals surface area contributed by atoms with Gasteiger partial charge in [-0.25, -0.2) is 13.2 Å². The molecular weight excluding hydrogens is 579 g/mol. The summed E-state index contributed by atoms with van der Waals surface area (Å²) >= 11 is 12.2. The minimum absolute atomic E-state index is 0.00221. The number of methoxy groups -OCH3 is 3. The van der Waals surface area contributed by atoms with Gasteiger partial charge in [0, 0.05) is 18.7 Å². The fourth-order valence-electron chi connectivity index (χ4n) is 4.38. The summed E-state index contributed by atoms with van der Waals surface area (Å²) in [6, 6.07) is 11.0. The lowest BCUT2D eigenvalue weighted by molar-refractivity contribution is -0.116. The molecule has 3 aromatic rings. The van der Waals surface area contributed by atoms with E-state index in [-0.39, 0.29) is 39.2 Å². The van der Waals surface area contributed by atoms with E-state index in [1.54, 1.807) is 44.2 Å². The zero-order chi connectivity index (χ0) is 29.8. The van der Waals surface area contributed by atoms with Crippen LogP contribution in [-0.2, 0) is 26.1 Å². The second-order valence-electron chi connectivity index (χ2n) is 9.04. The van der Waals surface area contributed by atoms with Gasteiger partial charge >= 0.3 is 5.97 Å². The first-order valence-electron chi connectivity index (χ1n) is 12.0. The Hall–Kier alpha value is -3.31. The summed E-state index contributed by atoms with van der Waals surface area (Å²) in [5.74, 6) is -0.947. The first-order chi connectivity index (χ1) is 18.8. The minimum atomic E-state index is -4.18. The number of anilines is 1. The van der Waals surface area contributed by atoms with Gasteiger partial charge in [0.05, 0.1) is 54.1 Å². The van der Waals surface area contributed by atoms with Gasteiger partial charge in [-0.2, -0.15) is 4.31 Å². The zero-order valence-electron chi connectivity index (χ0n) is 22.9. The number of rotatable bonds is 10. The smallest absolute Gasteiger partial charge is 0.340 e. The van der Waals surface area contributed by atoms with Gasteiger partial charge in [0.2, 0.25) is 15.9 Å². The lowest BCUT2D eigenvalue weighted by atomic mass is 10.1. The Kier molecular flexibility index (Phi) is 10.1. The molecule has 0 aliphatic rings. The summed E-state index contributed by atoms with van der Waals surface area (Å²) in [4.78, 5) is 25.9. The fourth-order valence-corrected chi connectivity index (χ4v) is 6.50. The summed E-state index contributed by atoms with van der Waals surface area (Å²) in [5, 5.41) is 3.18. The maximum absolute atomic E-state index is 14.0. The van der Waals surface area contributed by atoms with Crippen molar-refractivity contribution >= 4 is 50.8 Å². The van der Waals surface area contributed by atoms with Crippen LogP contribution in [0.3, 0.4) is 0 Å². The van der Waals surface area contributed by atoms with Crippen molar-refractivity contribution in [2.24, 2.45) is 0 Å². The highest BCUT2D eigenvalue weighted by atomic mass is 35.5. The number of nitrogens with one attached hydrogen (secondary N) is 1. The van der Waals surface area contributed by atoms with Crippen LogP contribution in [0.2, 0.25) is 10.0 Å². The second-order valence-corrected chi connectivity index (χ2v) is 11.7. The molecule has 3 rings (SSSR count). The van der Waals surface area contributed by atoms with Crippen LogP contribution in [0.15, 0.2) is 47.4 Å². The zero-order valence-corrected chi connectivity index (χ0v) is 25.3. The molecule has 0 atom stereocenters. The largest absolute Gasteiger partial charge is 0.493 e. The molecule has 0 heterocycles. The number of hydrogen-bond acceptors (Lipinski definition) is 7. The molecule has 0 saturated carbocycles. The number of halogens is 2. The number of sulfonamides is 1. The van der Waals surface area contributed by atoms with Crippen molar-refractivity contribution in [1.29, 1.82) is 0 Å². The maximum Gasteiger partial charge on any atom is 0.340 e. The Morgan fingerprint density at radius 3 is 2.02 bits per heavy atom. The predicted octanol–water partition coefficient (Wildman–Crippen LogP) is 5.55. The Balaban J connectivity index is 2.05. The third kappa shape index (κ3) is 6.87. The number of benzene rings is 3. The Morgan fingerprint density at radius 2 is 1.48 bits per heavy atom. The van der Waals surface area contributed by atoms with E-state index in [2.05, 4.69) is 5.32 Å². The number of ether oxygens (including phenoxy) is 3. The Morgan fingerprint density at radius 1 is 0.875 bits per heavy atom. The summed E-state index contributed by atoms with van der Waals surface area (Å²) in [5.41, 5.74) is 2.58.